The Labute approximate surface area is 142 Å². The molecule has 0 amide bonds. The van der Waals surface area contributed by atoms with E-state index in [0.29, 0.717) is 6.04 Å². The number of methoxy groups -OCH3 is 2. The van der Waals surface area contributed by atoms with Crippen LogP contribution in [0.2, 0.25) is 0 Å². The van der Waals surface area contributed by atoms with Crippen LogP contribution in [0.1, 0.15) is 17.7 Å². The second-order valence-electron chi connectivity index (χ2n) is 6.08. The Kier molecular flexibility index (Phi) is 5.15. The van der Waals surface area contributed by atoms with Gasteiger partial charge in [0.05, 0.1) is 19.9 Å². The molecule has 1 aliphatic rings. The van der Waals surface area contributed by atoms with Crippen molar-refractivity contribution in [1.82, 2.24) is 14.9 Å². The van der Waals surface area contributed by atoms with Gasteiger partial charge in [-0.1, -0.05) is 0 Å². The fourth-order valence-electron chi connectivity index (χ4n) is 3.05. The molecule has 24 heavy (non-hydrogen) atoms. The number of aromatic nitrogens is 2. The number of ether oxygens (including phenoxy) is 2. The number of nitrogens with one attached hydrogen (secondary N) is 1. The molecule has 6 heteroatoms. The minimum atomic E-state index is 0.396. The van der Waals surface area contributed by atoms with Gasteiger partial charge in [0, 0.05) is 44.1 Å². The van der Waals surface area contributed by atoms with Crippen LogP contribution in [0.5, 0.6) is 11.5 Å². The molecule has 6 nitrogen and oxygen atoms in total. The molecule has 3 rings (SSSR count). The van der Waals surface area contributed by atoms with Crippen LogP contribution in [0, 0.1) is 6.92 Å². The first-order chi connectivity index (χ1) is 11.7. The second kappa shape index (κ2) is 7.49. The minimum absolute atomic E-state index is 0.396. The lowest BCUT2D eigenvalue weighted by atomic mass is 10.2. The van der Waals surface area contributed by atoms with Gasteiger partial charge < -0.3 is 14.8 Å². The number of aryl methyl sites for hydroxylation is 1. The van der Waals surface area contributed by atoms with Crippen molar-refractivity contribution in [3.05, 3.63) is 41.9 Å². The lowest BCUT2D eigenvalue weighted by molar-refractivity contribution is 0.326. The number of anilines is 1. The molecule has 1 atom stereocenters. The van der Waals surface area contributed by atoms with Gasteiger partial charge in [-0.2, -0.15) is 0 Å². The predicted octanol–water partition coefficient (Wildman–Crippen LogP) is 2.49. The Morgan fingerprint density at radius 1 is 1.12 bits per heavy atom. The van der Waals surface area contributed by atoms with Crippen molar-refractivity contribution >= 4 is 5.82 Å². The van der Waals surface area contributed by atoms with Crippen LogP contribution in [-0.4, -0.2) is 48.2 Å². The van der Waals surface area contributed by atoms with E-state index in [9.17, 15) is 0 Å². The highest BCUT2D eigenvalue weighted by molar-refractivity contribution is 5.40. The predicted molar refractivity (Wildman–Crippen MR) is 93.6 cm³/mol. The highest BCUT2D eigenvalue weighted by Gasteiger charge is 2.23. The van der Waals surface area contributed by atoms with E-state index in [1.54, 1.807) is 26.6 Å². The van der Waals surface area contributed by atoms with E-state index in [-0.39, 0.29) is 0 Å². The van der Waals surface area contributed by atoms with Gasteiger partial charge in [-0.05, 0) is 31.0 Å². The van der Waals surface area contributed by atoms with Crippen molar-refractivity contribution < 1.29 is 9.47 Å². The van der Waals surface area contributed by atoms with Crippen molar-refractivity contribution in [3.8, 4) is 11.5 Å². The Morgan fingerprint density at radius 3 is 2.50 bits per heavy atom. The highest BCUT2D eigenvalue weighted by Crippen LogP contribution is 2.25. The molecule has 2 aromatic rings. The summed E-state index contributed by atoms with van der Waals surface area (Å²) >= 11 is 0. The van der Waals surface area contributed by atoms with E-state index in [1.165, 1.54) is 5.56 Å². The quantitative estimate of drug-likeness (QED) is 0.879. The van der Waals surface area contributed by atoms with E-state index >= 15 is 0 Å². The largest absolute Gasteiger partial charge is 0.497 e. The van der Waals surface area contributed by atoms with Gasteiger partial charge in [0.15, 0.2) is 0 Å². The first kappa shape index (κ1) is 16.5. The Balaban J connectivity index is 1.61. The summed E-state index contributed by atoms with van der Waals surface area (Å²) < 4.78 is 10.7. The van der Waals surface area contributed by atoms with Crippen LogP contribution in [-0.2, 0) is 6.54 Å². The molecular weight excluding hydrogens is 304 g/mol. The lowest BCUT2D eigenvalue weighted by Gasteiger charge is -2.18. The van der Waals surface area contributed by atoms with E-state index in [4.69, 9.17) is 9.47 Å². The number of hydrogen-bond donors (Lipinski definition) is 1. The average molecular weight is 328 g/mol. The van der Waals surface area contributed by atoms with Gasteiger partial charge >= 0.3 is 0 Å². The summed E-state index contributed by atoms with van der Waals surface area (Å²) in [5, 5.41) is 3.51. The summed E-state index contributed by atoms with van der Waals surface area (Å²) in [6.07, 6.45) is 4.54. The zero-order valence-electron chi connectivity index (χ0n) is 14.5. The molecule has 128 valence electrons. The van der Waals surface area contributed by atoms with Crippen LogP contribution >= 0.6 is 0 Å². The second-order valence-corrected chi connectivity index (χ2v) is 6.08. The van der Waals surface area contributed by atoms with E-state index < -0.39 is 0 Å². The van der Waals surface area contributed by atoms with Crippen molar-refractivity contribution in [2.45, 2.75) is 25.9 Å². The molecule has 2 heterocycles. The maximum atomic E-state index is 5.35. The van der Waals surface area contributed by atoms with Crippen LogP contribution in [0.4, 0.5) is 5.82 Å². The van der Waals surface area contributed by atoms with E-state index in [1.807, 2.05) is 13.0 Å². The molecule has 0 bridgehead atoms. The highest BCUT2D eigenvalue weighted by atomic mass is 16.5. The Morgan fingerprint density at radius 2 is 1.83 bits per heavy atom. The van der Waals surface area contributed by atoms with Crippen LogP contribution in [0.25, 0.3) is 0 Å². The molecule has 1 fully saturated rings. The third kappa shape index (κ3) is 3.94. The van der Waals surface area contributed by atoms with Crippen molar-refractivity contribution in [2.24, 2.45) is 0 Å². The maximum absolute atomic E-state index is 5.35. The molecule has 1 aromatic heterocycles. The molecule has 1 N–H and O–H groups in total. The molecule has 1 aromatic carbocycles. The van der Waals surface area contributed by atoms with Gasteiger partial charge in [0.2, 0.25) is 0 Å². The molecule has 1 saturated heterocycles. The summed E-state index contributed by atoms with van der Waals surface area (Å²) in [6, 6.07) is 6.42. The molecule has 0 spiro atoms. The first-order valence-corrected chi connectivity index (χ1v) is 8.16. The van der Waals surface area contributed by atoms with Crippen LogP contribution in [0.3, 0.4) is 0 Å². The zero-order valence-corrected chi connectivity index (χ0v) is 14.5. The third-order valence-electron chi connectivity index (χ3n) is 4.31. The molecule has 0 saturated carbocycles. The fourth-order valence-corrected chi connectivity index (χ4v) is 3.05. The van der Waals surface area contributed by atoms with Gasteiger partial charge in [0.1, 0.15) is 17.3 Å². The number of benzene rings is 1. The Hall–Kier alpha value is -2.34. The summed E-state index contributed by atoms with van der Waals surface area (Å²) in [4.78, 5) is 11.1. The number of rotatable bonds is 6. The molecule has 0 radical (unpaired) electrons. The number of hydrogen-bond acceptors (Lipinski definition) is 6. The smallest absolute Gasteiger partial charge is 0.147 e. The monoisotopic (exact) mass is 328 g/mol. The van der Waals surface area contributed by atoms with Gasteiger partial charge in [-0.25, -0.2) is 4.98 Å². The normalized spacial score (nSPS) is 17.7. The Bertz CT molecular complexity index is 670. The third-order valence-corrected chi connectivity index (χ3v) is 4.31. The topological polar surface area (TPSA) is 59.5 Å². The number of likely N-dealkylation sites (tertiary alicyclic amines) is 1. The SMILES string of the molecule is COc1cc(CN2CCC(Nc3nccnc3C)C2)cc(OC)c1. The summed E-state index contributed by atoms with van der Waals surface area (Å²) in [7, 11) is 3.36. The molecule has 0 aliphatic carbocycles. The van der Waals surface area contributed by atoms with Crippen molar-refractivity contribution in [3.63, 3.8) is 0 Å². The minimum Gasteiger partial charge on any atom is -0.497 e. The van der Waals surface area contributed by atoms with Crippen molar-refractivity contribution in [2.75, 3.05) is 32.6 Å². The molecular formula is C18H24N4O2. The summed E-state index contributed by atoms with van der Waals surface area (Å²) in [5.41, 5.74) is 2.14. The maximum Gasteiger partial charge on any atom is 0.147 e. The zero-order chi connectivity index (χ0) is 16.9. The van der Waals surface area contributed by atoms with Gasteiger partial charge in [-0.15, -0.1) is 0 Å². The fraction of sp³-hybridized carbons (Fsp3) is 0.444. The summed E-state index contributed by atoms with van der Waals surface area (Å²) in [6.45, 7) is 4.89. The lowest BCUT2D eigenvalue weighted by Crippen LogP contribution is -2.26. The van der Waals surface area contributed by atoms with Crippen LogP contribution < -0.4 is 14.8 Å². The van der Waals surface area contributed by atoms with Crippen LogP contribution in [0.15, 0.2) is 30.6 Å². The molecule has 1 aliphatic heterocycles. The first-order valence-electron chi connectivity index (χ1n) is 8.16. The standard InChI is InChI=1S/C18H24N4O2/c1-13-18(20-6-5-19-13)21-15-4-7-22(12-15)11-14-8-16(23-2)10-17(9-14)24-3/h5-6,8-10,15H,4,7,11-12H2,1-3H3,(H,20,21). The van der Waals surface area contributed by atoms with Crippen molar-refractivity contribution in [1.29, 1.82) is 0 Å². The number of nitrogens with zero attached hydrogens (tertiary/aromatic N) is 3. The van der Waals surface area contributed by atoms with Gasteiger partial charge in [0.25, 0.3) is 0 Å². The van der Waals surface area contributed by atoms with E-state index in [2.05, 4.69) is 32.3 Å². The van der Waals surface area contributed by atoms with Gasteiger partial charge in [-0.3, -0.25) is 9.88 Å². The summed E-state index contributed by atoms with van der Waals surface area (Å²) in [5.74, 6) is 2.54. The molecule has 1 unspecified atom stereocenters. The average Bonchev–Trinajstić information content (AvgIpc) is 3.03. The van der Waals surface area contributed by atoms with E-state index in [0.717, 1.165) is 49.1 Å².